The lowest BCUT2D eigenvalue weighted by Crippen LogP contribution is -2.29. The fourth-order valence-corrected chi connectivity index (χ4v) is 3.16. The summed E-state index contributed by atoms with van der Waals surface area (Å²) in [7, 11) is 1.77. The Balaban J connectivity index is 1.56. The van der Waals surface area contributed by atoms with E-state index in [-0.39, 0.29) is 18.6 Å². The van der Waals surface area contributed by atoms with E-state index in [4.69, 9.17) is 14.6 Å². The highest BCUT2D eigenvalue weighted by atomic mass is 16.5. The van der Waals surface area contributed by atoms with Crippen molar-refractivity contribution in [1.82, 2.24) is 4.90 Å². The maximum atomic E-state index is 12.6. The van der Waals surface area contributed by atoms with Gasteiger partial charge in [-0.3, -0.25) is 4.79 Å². The van der Waals surface area contributed by atoms with Gasteiger partial charge in [0.15, 0.2) is 6.61 Å². The number of ether oxygens (including phenoxy) is 2. The summed E-state index contributed by atoms with van der Waals surface area (Å²) < 4.78 is 10.9. The number of rotatable bonds is 7. The Bertz CT molecular complexity index is 802. The maximum Gasteiger partial charge on any atom is 0.341 e. The molecule has 0 saturated heterocycles. The third kappa shape index (κ3) is 5.08. The van der Waals surface area contributed by atoms with E-state index < -0.39 is 5.97 Å². The molecule has 1 aliphatic rings. The number of aliphatic carboxylic acids is 1. The van der Waals surface area contributed by atoms with E-state index in [0.29, 0.717) is 25.3 Å². The minimum atomic E-state index is -1.02. The number of fused-ring (bicyclic) bond motifs is 1. The molecule has 1 amide bonds. The summed E-state index contributed by atoms with van der Waals surface area (Å²) in [5.41, 5.74) is 3.30. The normalized spacial score (nSPS) is 15.7. The third-order valence-electron chi connectivity index (χ3n) is 4.58. The number of benzene rings is 2. The van der Waals surface area contributed by atoms with Crippen LogP contribution in [0.3, 0.4) is 0 Å². The predicted molar refractivity (Wildman–Crippen MR) is 99.5 cm³/mol. The van der Waals surface area contributed by atoms with E-state index in [1.165, 1.54) is 5.56 Å². The Morgan fingerprint density at radius 1 is 1.19 bits per heavy atom. The summed E-state index contributed by atoms with van der Waals surface area (Å²) in [6, 6.07) is 15.2. The zero-order chi connectivity index (χ0) is 19.2. The van der Waals surface area contributed by atoms with Crippen LogP contribution in [0.1, 0.15) is 29.2 Å². The van der Waals surface area contributed by atoms with E-state index in [9.17, 15) is 9.59 Å². The Hall–Kier alpha value is -2.86. The van der Waals surface area contributed by atoms with Crippen LogP contribution in [0.15, 0.2) is 48.5 Å². The molecule has 1 atom stereocenters. The van der Waals surface area contributed by atoms with Gasteiger partial charge in [0, 0.05) is 13.6 Å². The molecule has 142 valence electrons. The standard InChI is InChI=1S/C21H23NO5/c1-22(13-15-6-8-17(9-7-15)27-14-21(24)25)20(23)12-19-18-5-3-2-4-16(18)10-11-26-19/h2-9,19H,10-14H2,1H3,(H,24,25). The number of carbonyl (C=O) groups is 2. The second kappa shape index (κ2) is 8.68. The molecule has 2 aromatic carbocycles. The van der Waals surface area contributed by atoms with Gasteiger partial charge in [-0.1, -0.05) is 36.4 Å². The molecule has 0 radical (unpaired) electrons. The van der Waals surface area contributed by atoms with Crippen molar-refractivity contribution in [2.24, 2.45) is 0 Å². The molecule has 1 N–H and O–H groups in total. The van der Waals surface area contributed by atoms with Crippen LogP contribution in [-0.2, 0) is 27.3 Å². The molecule has 0 fully saturated rings. The van der Waals surface area contributed by atoms with Gasteiger partial charge in [0.2, 0.25) is 5.91 Å². The lowest BCUT2D eigenvalue weighted by molar-refractivity contribution is -0.139. The van der Waals surface area contributed by atoms with Gasteiger partial charge in [-0.2, -0.15) is 0 Å². The largest absolute Gasteiger partial charge is 0.482 e. The highest BCUT2D eigenvalue weighted by Crippen LogP contribution is 2.30. The lowest BCUT2D eigenvalue weighted by atomic mass is 9.95. The number of carboxylic acid groups (broad SMARTS) is 1. The number of nitrogens with zero attached hydrogens (tertiary/aromatic N) is 1. The Kier molecular flexibility index (Phi) is 6.08. The van der Waals surface area contributed by atoms with Crippen molar-refractivity contribution in [3.63, 3.8) is 0 Å². The molecule has 1 unspecified atom stereocenters. The van der Waals surface area contributed by atoms with Crippen LogP contribution in [0, 0.1) is 0 Å². The van der Waals surface area contributed by atoms with Crippen LogP contribution in [0.5, 0.6) is 5.75 Å². The fraction of sp³-hybridized carbons (Fsp3) is 0.333. The van der Waals surface area contributed by atoms with E-state index in [2.05, 4.69) is 6.07 Å². The monoisotopic (exact) mass is 369 g/mol. The average molecular weight is 369 g/mol. The SMILES string of the molecule is CN(Cc1ccc(OCC(=O)O)cc1)C(=O)CC1OCCc2ccccc21. The molecule has 0 bridgehead atoms. The Morgan fingerprint density at radius 3 is 2.67 bits per heavy atom. The predicted octanol–water partition coefficient (Wildman–Crippen LogP) is 2.81. The highest BCUT2D eigenvalue weighted by molar-refractivity contribution is 5.76. The van der Waals surface area contributed by atoms with Crippen molar-refractivity contribution in [2.45, 2.75) is 25.5 Å². The number of hydrogen-bond acceptors (Lipinski definition) is 4. The molecule has 0 aromatic heterocycles. The lowest BCUT2D eigenvalue weighted by Gasteiger charge is -2.27. The van der Waals surface area contributed by atoms with Crippen molar-refractivity contribution < 1.29 is 24.2 Å². The molecule has 6 heteroatoms. The number of carbonyl (C=O) groups excluding carboxylic acids is 1. The van der Waals surface area contributed by atoms with Gasteiger partial charge in [0.1, 0.15) is 5.75 Å². The van der Waals surface area contributed by atoms with Gasteiger partial charge in [0.25, 0.3) is 0 Å². The second-order valence-electron chi connectivity index (χ2n) is 6.59. The maximum absolute atomic E-state index is 12.6. The first-order valence-electron chi connectivity index (χ1n) is 8.90. The minimum Gasteiger partial charge on any atom is -0.482 e. The summed E-state index contributed by atoms with van der Waals surface area (Å²) in [5.74, 6) is -0.513. The summed E-state index contributed by atoms with van der Waals surface area (Å²) in [4.78, 5) is 24.8. The van der Waals surface area contributed by atoms with Crippen LogP contribution in [0.25, 0.3) is 0 Å². The van der Waals surface area contributed by atoms with E-state index in [1.54, 1.807) is 24.1 Å². The molecule has 3 rings (SSSR count). The van der Waals surface area contributed by atoms with Crippen LogP contribution in [0.4, 0.5) is 0 Å². The van der Waals surface area contributed by atoms with Crippen LogP contribution in [0.2, 0.25) is 0 Å². The molecular weight excluding hydrogens is 346 g/mol. The zero-order valence-electron chi connectivity index (χ0n) is 15.3. The van der Waals surface area contributed by atoms with Crippen LogP contribution < -0.4 is 4.74 Å². The highest BCUT2D eigenvalue weighted by Gasteiger charge is 2.24. The van der Waals surface area contributed by atoms with Gasteiger partial charge < -0.3 is 19.5 Å². The van der Waals surface area contributed by atoms with Gasteiger partial charge in [-0.25, -0.2) is 4.79 Å². The first kappa shape index (κ1) is 18.9. The van der Waals surface area contributed by atoms with Gasteiger partial charge >= 0.3 is 5.97 Å². The Labute approximate surface area is 158 Å². The molecule has 27 heavy (non-hydrogen) atoms. The van der Waals surface area contributed by atoms with Crippen LogP contribution in [-0.4, -0.2) is 42.1 Å². The smallest absolute Gasteiger partial charge is 0.341 e. The van der Waals surface area contributed by atoms with E-state index >= 15 is 0 Å². The minimum absolute atomic E-state index is 0.0166. The number of carboxylic acids is 1. The summed E-state index contributed by atoms with van der Waals surface area (Å²) in [6.45, 7) is 0.726. The van der Waals surface area contributed by atoms with E-state index in [0.717, 1.165) is 17.5 Å². The molecule has 6 nitrogen and oxygen atoms in total. The molecule has 1 aliphatic heterocycles. The molecule has 1 heterocycles. The molecule has 0 saturated carbocycles. The summed E-state index contributed by atoms with van der Waals surface area (Å²) in [5, 5.41) is 8.63. The molecule has 0 aliphatic carbocycles. The van der Waals surface area contributed by atoms with Gasteiger partial charge in [-0.15, -0.1) is 0 Å². The Morgan fingerprint density at radius 2 is 1.93 bits per heavy atom. The average Bonchev–Trinajstić information content (AvgIpc) is 2.67. The third-order valence-corrected chi connectivity index (χ3v) is 4.58. The van der Waals surface area contributed by atoms with Gasteiger partial charge in [0.05, 0.1) is 19.1 Å². The number of hydrogen-bond donors (Lipinski definition) is 1. The first-order valence-corrected chi connectivity index (χ1v) is 8.90. The summed E-state index contributed by atoms with van der Waals surface area (Å²) >= 11 is 0. The number of amides is 1. The topological polar surface area (TPSA) is 76.1 Å². The van der Waals surface area contributed by atoms with Gasteiger partial charge in [-0.05, 0) is 35.2 Å². The fourth-order valence-electron chi connectivity index (χ4n) is 3.16. The molecule has 2 aromatic rings. The van der Waals surface area contributed by atoms with Crippen molar-refractivity contribution in [2.75, 3.05) is 20.3 Å². The molecular formula is C21H23NO5. The van der Waals surface area contributed by atoms with Crippen molar-refractivity contribution in [3.8, 4) is 5.75 Å². The van der Waals surface area contributed by atoms with Crippen LogP contribution >= 0.6 is 0 Å². The zero-order valence-corrected chi connectivity index (χ0v) is 15.3. The van der Waals surface area contributed by atoms with Crippen molar-refractivity contribution in [1.29, 1.82) is 0 Å². The molecule has 0 spiro atoms. The summed E-state index contributed by atoms with van der Waals surface area (Å²) in [6.07, 6.45) is 0.997. The first-order chi connectivity index (χ1) is 13.0. The van der Waals surface area contributed by atoms with Crippen molar-refractivity contribution >= 4 is 11.9 Å². The van der Waals surface area contributed by atoms with E-state index in [1.807, 2.05) is 30.3 Å². The second-order valence-corrected chi connectivity index (χ2v) is 6.59. The quantitative estimate of drug-likeness (QED) is 0.812. The van der Waals surface area contributed by atoms with Crippen molar-refractivity contribution in [3.05, 3.63) is 65.2 Å².